The third kappa shape index (κ3) is 8.28. The Morgan fingerprint density at radius 3 is 2.64 bits per heavy atom. The number of benzene rings is 1. The first-order chi connectivity index (χ1) is 12.2. The van der Waals surface area contributed by atoms with Gasteiger partial charge in [0.1, 0.15) is 19.3 Å². The zero-order valence-corrected chi connectivity index (χ0v) is 14.0. The largest absolute Gasteiger partial charge is 0.475 e. The Morgan fingerprint density at radius 1 is 1.08 bits per heavy atom. The molecule has 1 atom stereocenters. The second-order valence-corrected chi connectivity index (χ2v) is 5.46. The summed E-state index contributed by atoms with van der Waals surface area (Å²) in [6.45, 7) is 0.910. The first-order valence-electron chi connectivity index (χ1n) is 8.23. The molecule has 1 unspecified atom stereocenters. The van der Waals surface area contributed by atoms with Crippen molar-refractivity contribution in [3.05, 3.63) is 60.3 Å². The maximum absolute atomic E-state index is 11.6. The fraction of sp³-hybridized carbons (Fsp3) is 0.368. The average molecular weight is 345 g/mol. The van der Waals surface area contributed by atoms with Gasteiger partial charge < -0.3 is 19.3 Å². The number of aliphatic hydroxyl groups excluding tert-OH is 1. The minimum atomic E-state index is -0.743. The molecule has 1 aromatic carbocycles. The van der Waals surface area contributed by atoms with Gasteiger partial charge in [-0.3, -0.25) is 4.79 Å². The number of rotatable bonds is 11. The molecule has 0 aliphatic carbocycles. The van der Waals surface area contributed by atoms with Gasteiger partial charge in [0.15, 0.2) is 0 Å². The van der Waals surface area contributed by atoms with E-state index in [1.54, 1.807) is 18.3 Å². The summed E-state index contributed by atoms with van der Waals surface area (Å²) in [7, 11) is 0. The Hall–Kier alpha value is -2.44. The first kappa shape index (κ1) is 18.9. The van der Waals surface area contributed by atoms with Crippen molar-refractivity contribution in [1.29, 1.82) is 0 Å². The number of hydrogen-bond acceptors (Lipinski definition) is 6. The van der Waals surface area contributed by atoms with Crippen LogP contribution in [0, 0.1) is 0 Å². The molecule has 1 N–H and O–H groups in total. The highest BCUT2D eigenvalue weighted by molar-refractivity contribution is 5.69. The molecule has 1 heterocycles. The van der Waals surface area contributed by atoms with E-state index in [4.69, 9.17) is 14.2 Å². The Morgan fingerprint density at radius 2 is 1.88 bits per heavy atom. The second kappa shape index (κ2) is 11.2. The van der Waals surface area contributed by atoms with Crippen molar-refractivity contribution < 1.29 is 24.1 Å². The molecule has 6 nitrogen and oxygen atoms in total. The van der Waals surface area contributed by atoms with Gasteiger partial charge in [-0.1, -0.05) is 36.4 Å². The number of carbonyl (C=O) groups excluding carboxylic acids is 1. The second-order valence-electron chi connectivity index (χ2n) is 5.46. The lowest BCUT2D eigenvalue weighted by Crippen LogP contribution is -2.24. The van der Waals surface area contributed by atoms with Crippen LogP contribution >= 0.6 is 0 Å². The van der Waals surface area contributed by atoms with E-state index in [0.717, 1.165) is 5.56 Å². The highest BCUT2D eigenvalue weighted by Gasteiger charge is 2.07. The number of aromatic nitrogens is 1. The van der Waals surface area contributed by atoms with Gasteiger partial charge in [-0.05, 0) is 18.1 Å². The smallest absolute Gasteiger partial charge is 0.306 e. The van der Waals surface area contributed by atoms with E-state index in [2.05, 4.69) is 4.98 Å². The van der Waals surface area contributed by atoms with Crippen molar-refractivity contribution in [3.63, 3.8) is 0 Å². The van der Waals surface area contributed by atoms with Crippen molar-refractivity contribution in [2.24, 2.45) is 0 Å². The molecule has 134 valence electrons. The lowest BCUT2D eigenvalue weighted by atomic mass is 10.2. The third-order valence-corrected chi connectivity index (χ3v) is 3.28. The molecule has 0 aliphatic heterocycles. The molecule has 0 radical (unpaired) electrons. The summed E-state index contributed by atoms with van der Waals surface area (Å²) in [5.74, 6) is 0.203. The molecule has 2 aromatic rings. The molecule has 0 spiro atoms. The normalized spacial score (nSPS) is 11.7. The van der Waals surface area contributed by atoms with Crippen LogP contribution in [0.1, 0.15) is 18.4 Å². The summed E-state index contributed by atoms with van der Waals surface area (Å²) in [5, 5.41) is 9.76. The molecule has 1 aromatic heterocycles. The first-order valence-corrected chi connectivity index (χ1v) is 8.23. The van der Waals surface area contributed by atoms with Crippen LogP contribution in [0.2, 0.25) is 0 Å². The van der Waals surface area contributed by atoms with Crippen molar-refractivity contribution in [2.75, 3.05) is 19.8 Å². The number of esters is 1. The molecular weight excluding hydrogens is 322 g/mol. The fourth-order valence-corrected chi connectivity index (χ4v) is 2.01. The lowest BCUT2D eigenvalue weighted by molar-refractivity contribution is -0.145. The van der Waals surface area contributed by atoms with Crippen LogP contribution in [-0.4, -0.2) is 42.0 Å². The summed E-state index contributed by atoms with van der Waals surface area (Å²) < 4.78 is 15.8. The number of nitrogens with zero attached hydrogens (tertiary/aromatic N) is 1. The highest BCUT2D eigenvalue weighted by atomic mass is 16.5. The van der Waals surface area contributed by atoms with Gasteiger partial charge in [0.25, 0.3) is 0 Å². The average Bonchev–Trinajstić information content (AvgIpc) is 2.66. The van der Waals surface area contributed by atoms with Crippen LogP contribution in [0.3, 0.4) is 0 Å². The van der Waals surface area contributed by atoms with E-state index in [1.807, 2.05) is 36.4 Å². The molecule has 6 heteroatoms. The van der Waals surface area contributed by atoms with Crippen LogP contribution in [0.4, 0.5) is 0 Å². The summed E-state index contributed by atoms with van der Waals surface area (Å²) in [6, 6.07) is 14.8. The topological polar surface area (TPSA) is 77.9 Å². The standard InChI is InChI=1S/C19H23NO5/c21-17(15-24-18-9-4-5-11-20-18)14-23-12-6-10-19(22)25-13-16-7-2-1-3-8-16/h1-5,7-9,11,17,21H,6,10,12-15H2. The highest BCUT2D eigenvalue weighted by Crippen LogP contribution is 2.05. The SMILES string of the molecule is O=C(CCCOCC(O)COc1ccccn1)OCc1ccccc1. The van der Waals surface area contributed by atoms with Crippen LogP contribution < -0.4 is 4.74 Å². The lowest BCUT2D eigenvalue weighted by Gasteiger charge is -2.12. The summed E-state index contributed by atoms with van der Waals surface area (Å²) in [4.78, 5) is 15.6. The van der Waals surface area contributed by atoms with Crippen LogP contribution in [0.15, 0.2) is 54.7 Å². The predicted octanol–water partition coefficient (Wildman–Crippen LogP) is 2.36. The van der Waals surface area contributed by atoms with Gasteiger partial charge >= 0.3 is 5.97 Å². The Bertz CT molecular complexity index is 606. The van der Waals surface area contributed by atoms with E-state index >= 15 is 0 Å². The van der Waals surface area contributed by atoms with E-state index < -0.39 is 6.10 Å². The van der Waals surface area contributed by atoms with E-state index in [1.165, 1.54) is 0 Å². The summed E-state index contributed by atoms with van der Waals surface area (Å²) in [5.41, 5.74) is 0.961. The van der Waals surface area contributed by atoms with Crippen molar-refractivity contribution in [2.45, 2.75) is 25.6 Å². The molecule has 25 heavy (non-hydrogen) atoms. The number of ether oxygens (including phenoxy) is 3. The zero-order valence-electron chi connectivity index (χ0n) is 14.0. The van der Waals surface area contributed by atoms with Crippen molar-refractivity contribution >= 4 is 5.97 Å². The minimum Gasteiger partial charge on any atom is -0.475 e. The number of pyridine rings is 1. The molecular formula is C19H23NO5. The van der Waals surface area contributed by atoms with Crippen LogP contribution in [0.5, 0.6) is 5.88 Å². The van der Waals surface area contributed by atoms with Gasteiger partial charge in [0, 0.05) is 25.3 Å². The van der Waals surface area contributed by atoms with Gasteiger partial charge in [-0.15, -0.1) is 0 Å². The minimum absolute atomic E-state index is 0.107. The fourth-order valence-electron chi connectivity index (χ4n) is 2.01. The quantitative estimate of drug-likeness (QED) is 0.498. The van der Waals surface area contributed by atoms with E-state index in [9.17, 15) is 9.90 Å². The predicted molar refractivity (Wildman–Crippen MR) is 92.0 cm³/mol. The maximum Gasteiger partial charge on any atom is 0.306 e. The number of hydrogen-bond donors (Lipinski definition) is 1. The van der Waals surface area contributed by atoms with Gasteiger partial charge in [-0.2, -0.15) is 0 Å². The Balaban J connectivity index is 1.47. The molecule has 0 saturated carbocycles. The van der Waals surface area contributed by atoms with Crippen LogP contribution in [-0.2, 0) is 20.9 Å². The maximum atomic E-state index is 11.6. The molecule has 0 saturated heterocycles. The van der Waals surface area contributed by atoms with Gasteiger partial charge in [0.05, 0.1) is 6.61 Å². The van der Waals surface area contributed by atoms with E-state index in [-0.39, 0.29) is 32.2 Å². The van der Waals surface area contributed by atoms with Gasteiger partial charge in [-0.25, -0.2) is 4.98 Å². The van der Waals surface area contributed by atoms with Crippen LogP contribution in [0.25, 0.3) is 0 Å². The summed E-state index contributed by atoms with van der Waals surface area (Å²) in [6.07, 6.45) is 1.70. The van der Waals surface area contributed by atoms with Crippen molar-refractivity contribution in [3.8, 4) is 5.88 Å². The Labute approximate surface area is 147 Å². The zero-order chi connectivity index (χ0) is 17.7. The molecule has 0 amide bonds. The molecule has 2 rings (SSSR count). The van der Waals surface area contributed by atoms with E-state index in [0.29, 0.717) is 18.9 Å². The molecule has 0 aliphatic rings. The molecule has 0 bridgehead atoms. The monoisotopic (exact) mass is 345 g/mol. The Kier molecular flexibility index (Phi) is 8.44. The molecule has 0 fully saturated rings. The summed E-state index contributed by atoms with van der Waals surface area (Å²) >= 11 is 0. The number of aliphatic hydroxyl groups is 1. The third-order valence-electron chi connectivity index (χ3n) is 3.28. The van der Waals surface area contributed by atoms with Crippen molar-refractivity contribution in [1.82, 2.24) is 4.98 Å². The number of carbonyl (C=O) groups is 1. The van der Waals surface area contributed by atoms with Gasteiger partial charge in [0.2, 0.25) is 5.88 Å².